The van der Waals surface area contributed by atoms with Gasteiger partial charge < -0.3 is 9.88 Å². The molecule has 4 heteroatoms. The standard InChI is InChI=1S/C15H16N4/c1-16-9-12-5-4-6-13(18-12)10-19-11-17-14-7-2-3-8-15(14)19/h2-8,11,16H,9-10H2,1H3. The number of pyridine rings is 1. The number of hydrogen-bond donors (Lipinski definition) is 1. The SMILES string of the molecule is CNCc1cccc(Cn2cnc3ccccc32)n1. The molecule has 0 radical (unpaired) electrons. The highest BCUT2D eigenvalue weighted by molar-refractivity contribution is 5.74. The molecule has 0 fully saturated rings. The van der Waals surface area contributed by atoms with Gasteiger partial charge in [0.1, 0.15) is 0 Å². The van der Waals surface area contributed by atoms with E-state index >= 15 is 0 Å². The maximum atomic E-state index is 4.63. The second-order valence-electron chi connectivity index (χ2n) is 4.51. The molecular weight excluding hydrogens is 236 g/mol. The molecular formula is C15H16N4. The largest absolute Gasteiger partial charge is 0.324 e. The minimum absolute atomic E-state index is 0.748. The van der Waals surface area contributed by atoms with Crippen molar-refractivity contribution in [1.29, 1.82) is 0 Å². The van der Waals surface area contributed by atoms with E-state index in [1.807, 2.05) is 49.8 Å². The fraction of sp³-hybridized carbons (Fsp3) is 0.200. The first-order chi connectivity index (χ1) is 9.36. The lowest BCUT2D eigenvalue weighted by Crippen LogP contribution is -2.09. The van der Waals surface area contributed by atoms with Crippen LogP contribution in [0, 0.1) is 0 Å². The predicted octanol–water partition coefficient (Wildman–Crippen LogP) is 2.20. The lowest BCUT2D eigenvalue weighted by Gasteiger charge is -2.06. The van der Waals surface area contributed by atoms with Crippen LogP contribution < -0.4 is 5.32 Å². The zero-order valence-corrected chi connectivity index (χ0v) is 10.9. The van der Waals surface area contributed by atoms with E-state index in [1.165, 1.54) is 0 Å². The number of fused-ring (bicyclic) bond motifs is 1. The van der Waals surface area contributed by atoms with Crippen molar-refractivity contribution in [3.8, 4) is 0 Å². The first-order valence-corrected chi connectivity index (χ1v) is 6.36. The monoisotopic (exact) mass is 252 g/mol. The summed E-state index contributed by atoms with van der Waals surface area (Å²) in [6.45, 7) is 1.54. The molecule has 2 heterocycles. The summed E-state index contributed by atoms with van der Waals surface area (Å²) in [6, 6.07) is 14.3. The van der Waals surface area contributed by atoms with Crippen LogP contribution in [0.15, 0.2) is 48.8 Å². The summed E-state index contributed by atoms with van der Waals surface area (Å²) in [5.74, 6) is 0. The van der Waals surface area contributed by atoms with Crippen LogP contribution in [0.25, 0.3) is 11.0 Å². The van der Waals surface area contributed by atoms with Gasteiger partial charge in [-0.3, -0.25) is 4.98 Å². The number of imidazole rings is 1. The maximum absolute atomic E-state index is 4.63. The minimum Gasteiger partial charge on any atom is -0.324 e. The van der Waals surface area contributed by atoms with Crippen LogP contribution >= 0.6 is 0 Å². The molecule has 0 aliphatic rings. The molecule has 0 saturated heterocycles. The van der Waals surface area contributed by atoms with E-state index in [0.29, 0.717) is 0 Å². The molecule has 1 aromatic carbocycles. The highest BCUT2D eigenvalue weighted by Crippen LogP contribution is 2.13. The average molecular weight is 252 g/mol. The van der Waals surface area contributed by atoms with Crippen molar-refractivity contribution in [3.05, 3.63) is 60.2 Å². The number of para-hydroxylation sites is 2. The van der Waals surface area contributed by atoms with Gasteiger partial charge in [-0.2, -0.15) is 0 Å². The zero-order valence-electron chi connectivity index (χ0n) is 10.9. The van der Waals surface area contributed by atoms with Gasteiger partial charge in [-0.05, 0) is 31.3 Å². The number of aromatic nitrogens is 3. The van der Waals surface area contributed by atoms with E-state index in [4.69, 9.17) is 0 Å². The predicted molar refractivity (Wildman–Crippen MR) is 75.8 cm³/mol. The van der Waals surface area contributed by atoms with Crippen molar-refractivity contribution >= 4 is 11.0 Å². The molecule has 0 atom stereocenters. The van der Waals surface area contributed by atoms with E-state index in [0.717, 1.165) is 35.5 Å². The number of hydrogen-bond acceptors (Lipinski definition) is 3. The third kappa shape index (κ3) is 2.48. The molecule has 0 bridgehead atoms. The molecule has 2 aromatic heterocycles. The van der Waals surface area contributed by atoms with Crippen LogP contribution in [0.2, 0.25) is 0 Å². The lowest BCUT2D eigenvalue weighted by molar-refractivity contribution is 0.753. The van der Waals surface area contributed by atoms with Crippen molar-refractivity contribution in [1.82, 2.24) is 19.9 Å². The van der Waals surface area contributed by atoms with Crippen molar-refractivity contribution < 1.29 is 0 Å². The Hall–Kier alpha value is -2.20. The molecule has 1 N–H and O–H groups in total. The summed E-state index contributed by atoms with van der Waals surface area (Å²) in [5.41, 5.74) is 4.28. The van der Waals surface area contributed by atoms with Gasteiger partial charge in [0.25, 0.3) is 0 Å². The van der Waals surface area contributed by atoms with Crippen LogP contribution in [0.1, 0.15) is 11.4 Å². The molecule has 96 valence electrons. The number of nitrogens with zero attached hydrogens (tertiary/aromatic N) is 3. The van der Waals surface area contributed by atoms with Crippen LogP contribution in [0.3, 0.4) is 0 Å². The van der Waals surface area contributed by atoms with Crippen LogP contribution in [0.4, 0.5) is 0 Å². The van der Waals surface area contributed by atoms with Gasteiger partial charge in [0.05, 0.1) is 35.3 Å². The highest BCUT2D eigenvalue weighted by atomic mass is 15.1. The van der Waals surface area contributed by atoms with Gasteiger partial charge in [0.15, 0.2) is 0 Å². The maximum Gasteiger partial charge on any atom is 0.0962 e. The van der Waals surface area contributed by atoms with Crippen molar-refractivity contribution in [3.63, 3.8) is 0 Å². The fourth-order valence-corrected chi connectivity index (χ4v) is 2.21. The summed E-state index contributed by atoms with van der Waals surface area (Å²) in [4.78, 5) is 9.03. The van der Waals surface area contributed by atoms with Crippen LogP contribution in [0.5, 0.6) is 0 Å². The summed E-state index contributed by atoms with van der Waals surface area (Å²) in [6.07, 6.45) is 1.87. The summed E-state index contributed by atoms with van der Waals surface area (Å²) < 4.78 is 2.13. The van der Waals surface area contributed by atoms with Gasteiger partial charge in [-0.25, -0.2) is 4.98 Å². The van der Waals surface area contributed by atoms with Gasteiger partial charge in [-0.15, -0.1) is 0 Å². The van der Waals surface area contributed by atoms with Gasteiger partial charge >= 0.3 is 0 Å². The molecule has 19 heavy (non-hydrogen) atoms. The van der Waals surface area contributed by atoms with Crippen molar-refractivity contribution in [2.24, 2.45) is 0 Å². The molecule has 0 saturated carbocycles. The second-order valence-corrected chi connectivity index (χ2v) is 4.51. The fourth-order valence-electron chi connectivity index (χ4n) is 2.21. The Balaban J connectivity index is 1.90. The zero-order chi connectivity index (χ0) is 13.1. The topological polar surface area (TPSA) is 42.7 Å². The van der Waals surface area contributed by atoms with Gasteiger partial charge in [0.2, 0.25) is 0 Å². The van der Waals surface area contributed by atoms with Crippen molar-refractivity contribution in [2.75, 3.05) is 7.05 Å². The van der Waals surface area contributed by atoms with E-state index in [9.17, 15) is 0 Å². The van der Waals surface area contributed by atoms with Crippen LogP contribution in [-0.4, -0.2) is 21.6 Å². The molecule has 0 aliphatic carbocycles. The molecule has 0 amide bonds. The smallest absolute Gasteiger partial charge is 0.0962 e. The quantitative estimate of drug-likeness (QED) is 0.774. The van der Waals surface area contributed by atoms with E-state index < -0.39 is 0 Å². The minimum atomic E-state index is 0.748. The molecule has 4 nitrogen and oxygen atoms in total. The summed E-state index contributed by atoms with van der Waals surface area (Å²) in [7, 11) is 1.93. The Bertz CT molecular complexity index is 687. The summed E-state index contributed by atoms with van der Waals surface area (Å²) in [5, 5.41) is 3.12. The number of benzene rings is 1. The van der Waals surface area contributed by atoms with E-state index in [2.05, 4.69) is 25.9 Å². The molecule has 0 spiro atoms. The Morgan fingerprint density at radius 2 is 1.89 bits per heavy atom. The first kappa shape index (κ1) is 11.9. The number of nitrogens with one attached hydrogen (secondary N) is 1. The van der Waals surface area contributed by atoms with Crippen molar-refractivity contribution in [2.45, 2.75) is 13.1 Å². The highest BCUT2D eigenvalue weighted by Gasteiger charge is 2.03. The van der Waals surface area contributed by atoms with Gasteiger partial charge in [0, 0.05) is 6.54 Å². The molecule has 3 aromatic rings. The third-order valence-corrected chi connectivity index (χ3v) is 3.08. The Morgan fingerprint density at radius 3 is 2.79 bits per heavy atom. The Morgan fingerprint density at radius 1 is 1.05 bits per heavy atom. The molecule has 0 unspecified atom stereocenters. The second kappa shape index (κ2) is 5.20. The third-order valence-electron chi connectivity index (χ3n) is 3.08. The average Bonchev–Trinajstić information content (AvgIpc) is 2.83. The number of rotatable bonds is 4. The first-order valence-electron chi connectivity index (χ1n) is 6.36. The molecule has 3 rings (SSSR count). The normalized spacial score (nSPS) is 11.0. The molecule has 0 aliphatic heterocycles. The van der Waals surface area contributed by atoms with Crippen LogP contribution in [-0.2, 0) is 13.1 Å². The summed E-state index contributed by atoms with van der Waals surface area (Å²) >= 11 is 0. The lowest BCUT2D eigenvalue weighted by atomic mass is 10.3. The van der Waals surface area contributed by atoms with E-state index in [-0.39, 0.29) is 0 Å². The Labute approximate surface area is 112 Å². The van der Waals surface area contributed by atoms with Gasteiger partial charge in [-0.1, -0.05) is 18.2 Å². The Kier molecular flexibility index (Phi) is 3.25. The van der Waals surface area contributed by atoms with E-state index in [1.54, 1.807) is 0 Å².